The van der Waals surface area contributed by atoms with Crippen LogP contribution in [0, 0.1) is 11.3 Å². The summed E-state index contributed by atoms with van der Waals surface area (Å²) in [4.78, 5) is 17.6. The molecule has 0 fully saturated rings. The van der Waals surface area contributed by atoms with Gasteiger partial charge in [-0.25, -0.2) is 0 Å². The summed E-state index contributed by atoms with van der Waals surface area (Å²) in [6, 6.07) is 10.1. The van der Waals surface area contributed by atoms with Gasteiger partial charge < -0.3 is 9.80 Å². The summed E-state index contributed by atoms with van der Waals surface area (Å²) in [5.41, 5.74) is 4.27. The standard InChI is InChI=1S/C25H34N8/c1-7-12-28-17-22(15-26)20(2)31(4)14-13-29-25(23-10-8-9-11-24(23)27-3)32(5)18-21-16-30-33(6)19-21/h8-11,16-17,19H,3,7,12-14,18H2,1-2,4-6H3/b22-20+,28-17?,29-25?. The molecule has 0 aliphatic rings. The zero-order valence-corrected chi connectivity index (χ0v) is 20.4. The van der Waals surface area contributed by atoms with E-state index in [-0.39, 0.29) is 0 Å². The van der Waals surface area contributed by atoms with Crippen molar-refractivity contribution in [3.8, 4) is 6.07 Å². The Bertz CT molecular complexity index is 1050. The van der Waals surface area contributed by atoms with Gasteiger partial charge in [0, 0.05) is 70.0 Å². The number of aromatic nitrogens is 2. The number of benzene rings is 1. The van der Waals surface area contributed by atoms with Crippen LogP contribution in [0.25, 0.3) is 0 Å². The third kappa shape index (κ3) is 7.42. The van der Waals surface area contributed by atoms with Crippen molar-refractivity contribution in [3.63, 3.8) is 0 Å². The predicted molar refractivity (Wildman–Crippen MR) is 136 cm³/mol. The summed E-state index contributed by atoms with van der Waals surface area (Å²) in [6.45, 7) is 10.3. The third-order valence-electron chi connectivity index (χ3n) is 5.21. The van der Waals surface area contributed by atoms with Gasteiger partial charge in [-0.2, -0.15) is 10.4 Å². The monoisotopic (exact) mass is 446 g/mol. The van der Waals surface area contributed by atoms with Gasteiger partial charge >= 0.3 is 0 Å². The maximum Gasteiger partial charge on any atom is 0.133 e. The molecule has 0 bridgehead atoms. The predicted octanol–water partition coefficient (Wildman–Crippen LogP) is 3.84. The summed E-state index contributed by atoms with van der Waals surface area (Å²) in [7, 11) is 5.89. The second kappa shape index (κ2) is 13.0. The summed E-state index contributed by atoms with van der Waals surface area (Å²) in [6.07, 6.45) is 6.47. The minimum atomic E-state index is 0.552. The maximum atomic E-state index is 9.50. The van der Waals surface area contributed by atoms with Crippen LogP contribution in [0.15, 0.2) is 62.9 Å². The van der Waals surface area contributed by atoms with Crippen molar-refractivity contribution < 1.29 is 0 Å². The molecule has 0 amide bonds. The number of para-hydroxylation sites is 1. The van der Waals surface area contributed by atoms with Gasteiger partial charge in [0.05, 0.1) is 24.0 Å². The highest BCUT2D eigenvalue weighted by molar-refractivity contribution is 6.03. The van der Waals surface area contributed by atoms with Crippen molar-refractivity contribution in [3.05, 3.63) is 59.1 Å². The highest BCUT2D eigenvalue weighted by atomic mass is 15.2. The van der Waals surface area contributed by atoms with E-state index in [0.717, 1.165) is 41.3 Å². The van der Waals surface area contributed by atoms with Gasteiger partial charge in [0.15, 0.2) is 0 Å². The van der Waals surface area contributed by atoms with Crippen LogP contribution in [0.3, 0.4) is 0 Å². The fourth-order valence-corrected chi connectivity index (χ4v) is 3.28. The van der Waals surface area contributed by atoms with Gasteiger partial charge in [-0.1, -0.05) is 19.1 Å². The average Bonchev–Trinajstić information content (AvgIpc) is 3.23. The largest absolute Gasteiger partial charge is 0.375 e. The van der Waals surface area contributed by atoms with Gasteiger partial charge in [0.25, 0.3) is 0 Å². The van der Waals surface area contributed by atoms with Crippen molar-refractivity contribution >= 4 is 24.5 Å². The molecule has 0 unspecified atom stereocenters. The molecule has 1 heterocycles. The molecular weight excluding hydrogens is 412 g/mol. The molecule has 1 aromatic carbocycles. The first-order chi connectivity index (χ1) is 15.9. The molecule has 0 aliphatic carbocycles. The van der Waals surface area contributed by atoms with E-state index in [2.05, 4.69) is 39.7 Å². The van der Waals surface area contributed by atoms with Gasteiger partial charge in [-0.3, -0.25) is 19.7 Å². The number of hydrogen-bond acceptors (Lipinski definition) is 6. The average molecular weight is 447 g/mol. The number of amidine groups is 1. The van der Waals surface area contributed by atoms with Crippen molar-refractivity contribution in [2.24, 2.45) is 22.0 Å². The maximum absolute atomic E-state index is 9.50. The Morgan fingerprint density at radius 1 is 1.24 bits per heavy atom. The molecule has 0 saturated carbocycles. The van der Waals surface area contributed by atoms with Crippen LogP contribution < -0.4 is 0 Å². The minimum Gasteiger partial charge on any atom is -0.375 e. The lowest BCUT2D eigenvalue weighted by atomic mass is 10.1. The van der Waals surface area contributed by atoms with Crippen LogP contribution >= 0.6 is 0 Å². The van der Waals surface area contributed by atoms with E-state index in [0.29, 0.717) is 25.2 Å². The smallest absolute Gasteiger partial charge is 0.133 e. The quantitative estimate of drug-likeness (QED) is 0.298. The highest BCUT2D eigenvalue weighted by Crippen LogP contribution is 2.21. The molecule has 1 aromatic heterocycles. The minimum absolute atomic E-state index is 0.552. The number of allylic oxidation sites excluding steroid dienone is 2. The fraction of sp³-hybridized carbons (Fsp3) is 0.400. The highest BCUT2D eigenvalue weighted by Gasteiger charge is 2.15. The normalized spacial score (nSPS) is 12.4. The summed E-state index contributed by atoms with van der Waals surface area (Å²) in [5.74, 6) is 0.835. The van der Waals surface area contributed by atoms with Crippen LogP contribution in [0.4, 0.5) is 5.69 Å². The zero-order chi connectivity index (χ0) is 24.2. The number of hydrogen-bond donors (Lipinski definition) is 0. The Balaban J connectivity index is 2.25. The SMILES string of the molecule is C=Nc1ccccc1C(=NCCN(C)/C(C)=C(\C#N)C=NCCC)N(C)Cc1cnn(C)c1. The molecule has 174 valence electrons. The van der Waals surface area contributed by atoms with E-state index in [1.807, 2.05) is 69.6 Å². The topological polar surface area (TPSA) is 85.2 Å². The molecule has 0 aliphatic heterocycles. The number of aliphatic imine (C=N–C) groups is 3. The molecule has 0 spiro atoms. The van der Waals surface area contributed by atoms with E-state index in [4.69, 9.17) is 4.99 Å². The zero-order valence-electron chi connectivity index (χ0n) is 20.4. The van der Waals surface area contributed by atoms with Gasteiger partial charge in [0.2, 0.25) is 0 Å². The number of likely N-dealkylation sites (N-methyl/N-ethyl adjacent to an activating group) is 1. The Morgan fingerprint density at radius 2 is 2.00 bits per heavy atom. The Kier molecular flexibility index (Phi) is 10.0. The lowest BCUT2D eigenvalue weighted by Gasteiger charge is -2.24. The Labute approximate surface area is 197 Å². The van der Waals surface area contributed by atoms with Gasteiger partial charge in [-0.15, -0.1) is 0 Å². The molecule has 0 saturated heterocycles. The third-order valence-corrected chi connectivity index (χ3v) is 5.21. The van der Waals surface area contributed by atoms with E-state index in [1.54, 1.807) is 10.9 Å². The molecule has 2 rings (SSSR count). The molecular formula is C25H34N8. The van der Waals surface area contributed by atoms with Crippen molar-refractivity contribution in [2.45, 2.75) is 26.8 Å². The Morgan fingerprint density at radius 3 is 2.64 bits per heavy atom. The Hall–Kier alpha value is -3.73. The first-order valence-corrected chi connectivity index (χ1v) is 11.0. The van der Waals surface area contributed by atoms with E-state index >= 15 is 0 Å². The molecule has 0 atom stereocenters. The van der Waals surface area contributed by atoms with E-state index in [9.17, 15) is 5.26 Å². The molecule has 2 aromatic rings. The number of nitriles is 1. The molecule has 8 heteroatoms. The van der Waals surface area contributed by atoms with Crippen LogP contribution in [0.5, 0.6) is 0 Å². The van der Waals surface area contributed by atoms with E-state index < -0.39 is 0 Å². The van der Waals surface area contributed by atoms with Crippen molar-refractivity contribution in [2.75, 3.05) is 33.7 Å². The van der Waals surface area contributed by atoms with Crippen LogP contribution in [-0.2, 0) is 13.6 Å². The molecule has 0 N–H and O–H groups in total. The van der Waals surface area contributed by atoms with Gasteiger partial charge in [0.1, 0.15) is 11.9 Å². The van der Waals surface area contributed by atoms with Crippen LogP contribution in [0.2, 0.25) is 0 Å². The van der Waals surface area contributed by atoms with Crippen LogP contribution in [0.1, 0.15) is 31.4 Å². The fourth-order valence-electron chi connectivity index (χ4n) is 3.28. The molecule has 0 radical (unpaired) electrons. The lowest BCUT2D eigenvalue weighted by Crippen LogP contribution is -2.29. The first-order valence-electron chi connectivity index (χ1n) is 11.0. The second-order valence-corrected chi connectivity index (χ2v) is 7.83. The first kappa shape index (κ1) is 25.5. The lowest BCUT2D eigenvalue weighted by molar-refractivity contribution is 0.425. The van der Waals surface area contributed by atoms with Crippen molar-refractivity contribution in [1.29, 1.82) is 5.26 Å². The summed E-state index contributed by atoms with van der Waals surface area (Å²) < 4.78 is 1.79. The molecule has 33 heavy (non-hydrogen) atoms. The number of nitrogens with zero attached hydrogens (tertiary/aromatic N) is 8. The van der Waals surface area contributed by atoms with Crippen molar-refractivity contribution in [1.82, 2.24) is 19.6 Å². The van der Waals surface area contributed by atoms with Crippen LogP contribution in [-0.4, -0.2) is 72.1 Å². The summed E-state index contributed by atoms with van der Waals surface area (Å²) in [5, 5.41) is 13.8. The number of rotatable bonds is 11. The van der Waals surface area contributed by atoms with E-state index in [1.165, 1.54) is 0 Å². The summed E-state index contributed by atoms with van der Waals surface area (Å²) >= 11 is 0. The second-order valence-electron chi connectivity index (χ2n) is 7.83. The molecule has 8 nitrogen and oxygen atoms in total. The van der Waals surface area contributed by atoms with Gasteiger partial charge in [-0.05, 0) is 32.2 Å². The number of aryl methyl sites for hydroxylation is 1.